The first-order valence-corrected chi connectivity index (χ1v) is 4.92. The van der Waals surface area contributed by atoms with Crippen LogP contribution in [0.25, 0.3) is 0 Å². The molecule has 0 saturated heterocycles. The first-order chi connectivity index (χ1) is 6.56. The van der Waals surface area contributed by atoms with Gasteiger partial charge in [-0.15, -0.1) is 0 Å². The number of halogens is 3. The molecule has 0 bridgehead atoms. The lowest BCUT2D eigenvalue weighted by atomic mass is 10.1. The molecule has 1 aromatic rings. The zero-order chi connectivity index (χ0) is 10.7. The van der Waals surface area contributed by atoms with Gasteiger partial charge in [0.05, 0.1) is 6.42 Å². The Labute approximate surface area is 87.7 Å². The fraction of sp³-hybridized carbons (Fsp3) is 0.222. The SMILES string of the molecule is O=C(O)Cc1c(F)ccc(CBr)c1F. The summed E-state index contributed by atoms with van der Waals surface area (Å²) in [5.74, 6) is -2.87. The monoisotopic (exact) mass is 264 g/mol. The molecule has 0 aliphatic carbocycles. The van der Waals surface area contributed by atoms with Crippen molar-refractivity contribution in [3.05, 3.63) is 34.9 Å². The Morgan fingerprint density at radius 1 is 1.43 bits per heavy atom. The minimum atomic E-state index is -1.26. The fourth-order valence-corrected chi connectivity index (χ4v) is 1.50. The molecule has 76 valence electrons. The average Bonchev–Trinajstić information content (AvgIpc) is 2.12. The van der Waals surface area contributed by atoms with Gasteiger partial charge in [-0.05, 0) is 11.6 Å². The Hall–Kier alpha value is -0.970. The number of aliphatic carboxylic acids is 1. The van der Waals surface area contributed by atoms with E-state index in [-0.39, 0.29) is 10.9 Å². The van der Waals surface area contributed by atoms with Gasteiger partial charge in [0.1, 0.15) is 11.6 Å². The Bertz CT molecular complexity index is 366. The third-order valence-corrected chi connectivity index (χ3v) is 2.34. The third kappa shape index (κ3) is 2.29. The fourth-order valence-electron chi connectivity index (χ4n) is 1.06. The summed E-state index contributed by atoms with van der Waals surface area (Å²) >= 11 is 3.02. The molecule has 0 fully saturated rings. The Morgan fingerprint density at radius 3 is 2.57 bits per heavy atom. The second kappa shape index (κ2) is 4.50. The maximum atomic E-state index is 13.4. The van der Waals surface area contributed by atoms with E-state index in [0.717, 1.165) is 6.07 Å². The molecular weight excluding hydrogens is 258 g/mol. The van der Waals surface area contributed by atoms with Crippen molar-refractivity contribution in [1.82, 2.24) is 0 Å². The minimum Gasteiger partial charge on any atom is -0.481 e. The van der Waals surface area contributed by atoms with Crippen LogP contribution in [0.4, 0.5) is 8.78 Å². The Balaban J connectivity index is 3.18. The van der Waals surface area contributed by atoms with Crippen molar-refractivity contribution in [1.29, 1.82) is 0 Å². The average molecular weight is 265 g/mol. The van der Waals surface area contributed by atoms with Crippen molar-refractivity contribution < 1.29 is 18.7 Å². The number of carboxylic acids is 1. The second-order valence-corrected chi connectivity index (χ2v) is 3.26. The molecule has 0 heterocycles. The van der Waals surface area contributed by atoms with Gasteiger partial charge in [0.2, 0.25) is 0 Å². The molecular formula is C9H7BrF2O2. The van der Waals surface area contributed by atoms with E-state index in [2.05, 4.69) is 15.9 Å². The van der Waals surface area contributed by atoms with Crippen LogP contribution < -0.4 is 0 Å². The molecule has 14 heavy (non-hydrogen) atoms. The molecule has 1 aromatic carbocycles. The van der Waals surface area contributed by atoms with Crippen LogP contribution in [0.5, 0.6) is 0 Å². The summed E-state index contributed by atoms with van der Waals surface area (Å²) in [5, 5.41) is 8.66. The van der Waals surface area contributed by atoms with Gasteiger partial charge in [-0.25, -0.2) is 8.78 Å². The van der Waals surface area contributed by atoms with Crippen molar-refractivity contribution in [2.24, 2.45) is 0 Å². The predicted octanol–water partition coefficient (Wildman–Crippen LogP) is 2.49. The molecule has 0 saturated carbocycles. The Morgan fingerprint density at radius 2 is 2.07 bits per heavy atom. The summed E-state index contributed by atoms with van der Waals surface area (Å²) in [6.07, 6.45) is -0.640. The van der Waals surface area contributed by atoms with Gasteiger partial charge in [0.25, 0.3) is 0 Å². The lowest BCUT2D eigenvalue weighted by Gasteiger charge is -2.05. The molecule has 0 spiro atoms. The van der Waals surface area contributed by atoms with Crippen LogP contribution in [-0.4, -0.2) is 11.1 Å². The molecule has 1 rings (SSSR count). The maximum Gasteiger partial charge on any atom is 0.308 e. The van der Waals surface area contributed by atoms with Crippen LogP contribution in [0.3, 0.4) is 0 Å². The summed E-state index contributed by atoms with van der Waals surface area (Å²) < 4.78 is 26.4. The molecule has 0 atom stereocenters. The zero-order valence-corrected chi connectivity index (χ0v) is 8.64. The van der Waals surface area contributed by atoms with Crippen LogP contribution in [0, 0.1) is 11.6 Å². The van der Waals surface area contributed by atoms with Crippen molar-refractivity contribution in [2.45, 2.75) is 11.8 Å². The molecule has 5 heteroatoms. The summed E-state index contributed by atoms with van der Waals surface area (Å²) in [6, 6.07) is 2.35. The molecule has 0 unspecified atom stereocenters. The topological polar surface area (TPSA) is 37.3 Å². The smallest absolute Gasteiger partial charge is 0.308 e. The highest BCUT2D eigenvalue weighted by molar-refractivity contribution is 9.08. The highest BCUT2D eigenvalue weighted by Gasteiger charge is 2.15. The number of benzene rings is 1. The van der Waals surface area contributed by atoms with E-state index in [1.807, 2.05) is 0 Å². The van der Waals surface area contributed by atoms with Crippen LogP contribution in [0.15, 0.2) is 12.1 Å². The van der Waals surface area contributed by atoms with E-state index in [9.17, 15) is 13.6 Å². The standard InChI is InChI=1S/C9H7BrF2O2/c10-4-5-1-2-7(11)6(9(5)12)3-8(13)14/h1-2H,3-4H2,(H,13,14). The number of carboxylic acid groups (broad SMARTS) is 1. The van der Waals surface area contributed by atoms with E-state index >= 15 is 0 Å². The molecule has 0 amide bonds. The first-order valence-electron chi connectivity index (χ1n) is 3.79. The Kier molecular flexibility index (Phi) is 3.57. The highest BCUT2D eigenvalue weighted by atomic mass is 79.9. The van der Waals surface area contributed by atoms with Crippen LogP contribution >= 0.6 is 15.9 Å². The quantitative estimate of drug-likeness (QED) is 0.852. The largest absolute Gasteiger partial charge is 0.481 e. The van der Waals surface area contributed by atoms with E-state index in [0.29, 0.717) is 0 Å². The number of carbonyl (C=O) groups is 1. The number of hydrogen-bond donors (Lipinski definition) is 1. The van der Waals surface area contributed by atoms with Crippen molar-refractivity contribution in [3.63, 3.8) is 0 Å². The van der Waals surface area contributed by atoms with E-state index in [1.54, 1.807) is 0 Å². The predicted molar refractivity (Wildman–Crippen MR) is 50.3 cm³/mol. The van der Waals surface area contributed by atoms with E-state index in [1.165, 1.54) is 6.07 Å². The van der Waals surface area contributed by atoms with Crippen LogP contribution in [0.1, 0.15) is 11.1 Å². The molecule has 2 nitrogen and oxygen atoms in total. The van der Waals surface area contributed by atoms with Crippen molar-refractivity contribution in [2.75, 3.05) is 0 Å². The van der Waals surface area contributed by atoms with E-state index < -0.39 is 29.6 Å². The summed E-state index contributed by atoms with van der Waals surface area (Å²) in [5.41, 5.74) is -0.142. The third-order valence-electron chi connectivity index (χ3n) is 1.74. The van der Waals surface area contributed by atoms with E-state index in [4.69, 9.17) is 5.11 Å². The lowest BCUT2D eigenvalue weighted by molar-refractivity contribution is -0.136. The maximum absolute atomic E-state index is 13.4. The first kappa shape index (κ1) is 11.1. The van der Waals surface area contributed by atoms with Gasteiger partial charge < -0.3 is 5.11 Å². The van der Waals surface area contributed by atoms with Gasteiger partial charge in [0.15, 0.2) is 0 Å². The van der Waals surface area contributed by atoms with Crippen LogP contribution in [0.2, 0.25) is 0 Å². The van der Waals surface area contributed by atoms with Crippen molar-refractivity contribution >= 4 is 21.9 Å². The molecule has 0 aliphatic heterocycles. The van der Waals surface area contributed by atoms with Gasteiger partial charge in [-0.1, -0.05) is 22.0 Å². The van der Waals surface area contributed by atoms with Crippen molar-refractivity contribution in [3.8, 4) is 0 Å². The molecule has 0 aliphatic rings. The minimum absolute atomic E-state index is 0.228. The number of alkyl halides is 1. The number of rotatable bonds is 3. The van der Waals surface area contributed by atoms with Crippen LogP contribution in [-0.2, 0) is 16.5 Å². The normalized spacial score (nSPS) is 10.2. The van der Waals surface area contributed by atoms with Gasteiger partial charge in [-0.2, -0.15) is 0 Å². The molecule has 0 radical (unpaired) electrons. The zero-order valence-electron chi connectivity index (χ0n) is 7.06. The summed E-state index contributed by atoms with van der Waals surface area (Å²) in [7, 11) is 0. The van der Waals surface area contributed by atoms with Gasteiger partial charge >= 0.3 is 5.97 Å². The number of hydrogen-bond acceptors (Lipinski definition) is 1. The molecule has 0 aromatic heterocycles. The van der Waals surface area contributed by atoms with Gasteiger partial charge in [-0.3, -0.25) is 4.79 Å². The summed E-state index contributed by atoms with van der Waals surface area (Å²) in [6.45, 7) is 0. The molecule has 1 N–H and O–H groups in total. The second-order valence-electron chi connectivity index (χ2n) is 2.70. The summed E-state index contributed by atoms with van der Waals surface area (Å²) in [4.78, 5) is 10.3. The highest BCUT2D eigenvalue weighted by Crippen LogP contribution is 2.19. The van der Waals surface area contributed by atoms with Gasteiger partial charge in [0, 0.05) is 10.9 Å². The lowest BCUT2D eigenvalue weighted by Crippen LogP contribution is -2.06.